The van der Waals surface area contributed by atoms with Crippen molar-refractivity contribution in [1.82, 2.24) is 15.3 Å². The van der Waals surface area contributed by atoms with E-state index in [0.29, 0.717) is 33.7 Å². The Morgan fingerprint density at radius 1 is 1.20 bits per heavy atom. The maximum Gasteiger partial charge on any atom is 0.254 e. The molecular formula is C17H21ClN4O3. The number of carbonyl (C=O) groups excluding carboxylic acids is 1. The summed E-state index contributed by atoms with van der Waals surface area (Å²) in [7, 11) is 3.06. The summed E-state index contributed by atoms with van der Waals surface area (Å²) >= 11 is 6.08. The predicted octanol–water partition coefficient (Wildman–Crippen LogP) is 3.42. The van der Waals surface area contributed by atoms with Crippen LogP contribution in [0, 0.1) is 0 Å². The molecule has 1 unspecified atom stereocenters. The minimum Gasteiger partial charge on any atom is -0.495 e. The number of amides is 1. The van der Waals surface area contributed by atoms with Crippen LogP contribution in [0.5, 0.6) is 11.5 Å². The molecule has 0 radical (unpaired) electrons. The highest BCUT2D eigenvalue weighted by Crippen LogP contribution is 2.36. The maximum absolute atomic E-state index is 12.0. The van der Waals surface area contributed by atoms with E-state index in [1.165, 1.54) is 26.6 Å². The van der Waals surface area contributed by atoms with Gasteiger partial charge in [-0.1, -0.05) is 18.5 Å². The van der Waals surface area contributed by atoms with E-state index >= 15 is 0 Å². The van der Waals surface area contributed by atoms with E-state index in [1.807, 2.05) is 13.8 Å². The number of nitrogens with zero attached hydrogens (tertiary/aromatic N) is 2. The molecule has 1 aromatic heterocycles. The summed E-state index contributed by atoms with van der Waals surface area (Å²) in [5.41, 5.74) is 0.993. The van der Waals surface area contributed by atoms with Crippen LogP contribution in [0.25, 0.3) is 0 Å². The van der Waals surface area contributed by atoms with Crippen molar-refractivity contribution in [2.45, 2.75) is 26.3 Å². The van der Waals surface area contributed by atoms with Crippen LogP contribution in [0.1, 0.15) is 30.6 Å². The molecule has 134 valence electrons. The second kappa shape index (κ2) is 8.53. The number of hydrogen-bond donors (Lipinski definition) is 2. The zero-order chi connectivity index (χ0) is 18.4. The second-order valence-corrected chi connectivity index (χ2v) is 5.80. The highest BCUT2D eigenvalue weighted by molar-refractivity contribution is 6.32. The molecule has 2 aromatic rings. The van der Waals surface area contributed by atoms with Gasteiger partial charge in [-0.2, -0.15) is 0 Å². The number of carbonyl (C=O) groups is 1. The summed E-state index contributed by atoms with van der Waals surface area (Å²) in [4.78, 5) is 20.4. The van der Waals surface area contributed by atoms with E-state index in [9.17, 15) is 4.79 Å². The normalized spacial score (nSPS) is 11.6. The molecule has 0 saturated heterocycles. The van der Waals surface area contributed by atoms with Gasteiger partial charge in [-0.15, -0.1) is 0 Å². The molecule has 1 aromatic carbocycles. The van der Waals surface area contributed by atoms with E-state index in [-0.39, 0.29) is 11.9 Å². The first-order valence-corrected chi connectivity index (χ1v) is 8.17. The predicted molar refractivity (Wildman–Crippen MR) is 97.1 cm³/mol. The molecule has 1 atom stereocenters. The summed E-state index contributed by atoms with van der Waals surface area (Å²) in [6, 6.07) is 3.42. The summed E-state index contributed by atoms with van der Waals surface area (Å²) in [5.74, 6) is 1.14. The van der Waals surface area contributed by atoms with E-state index in [1.54, 1.807) is 12.1 Å². The van der Waals surface area contributed by atoms with Gasteiger partial charge < -0.3 is 20.1 Å². The third kappa shape index (κ3) is 4.73. The first-order chi connectivity index (χ1) is 12.0. The van der Waals surface area contributed by atoms with Gasteiger partial charge in [0.25, 0.3) is 5.91 Å². The number of hydrogen-bond acceptors (Lipinski definition) is 6. The standard InChI is InChI=1S/C17H21ClN4O3/c1-5-10(2)21-16(23)11-8-19-17(20-9-11)22-13-7-14(24-3)12(18)6-15(13)25-4/h6-10H,5H2,1-4H3,(H,21,23)(H,19,20,22). The van der Waals surface area contributed by atoms with E-state index in [4.69, 9.17) is 21.1 Å². The van der Waals surface area contributed by atoms with Gasteiger partial charge in [0.1, 0.15) is 11.5 Å². The van der Waals surface area contributed by atoms with Crippen molar-refractivity contribution in [1.29, 1.82) is 0 Å². The van der Waals surface area contributed by atoms with Gasteiger partial charge >= 0.3 is 0 Å². The molecule has 0 aliphatic rings. The van der Waals surface area contributed by atoms with Crippen LogP contribution in [-0.4, -0.2) is 36.1 Å². The number of aromatic nitrogens is 2. The maximum atomic E-state index is 12.0. The van der Waals surface area contributed by atoms with Crippen LogP contribution < -0.4 is 20.1 Å². The fourth-order valence-corrected chi connectivity index (χ4v) is 2.23. The number of rotatable bonds is 7. The molecule has 2 N–H and O–H groups in total. The van der Waals surface area contributed by atoms with Crippen molar-refractivity contribution in [3.8, 4) is 11.5 Å². The van der Waals surface area contributed by atoms with Crippen LogP contribution in [0.3, 0.4) is 0 Å². The SMILES string of the molecule is CCC(C)NC(=O)c1cnc(Nc2cc(OC)c(Cl)cc2OC)nc1. The molecular weight excluding hydrogens is 344 g/mol. The summed E-state index contributed by atoms with van der Waals surface area (Å²) in [6.07, 6.45) is 3.78. The third-order valence-electron chi connectivity index (χ3n) is 3.62. The summed E-state index contributed by atoms with van der Waals surface area (Å²) in [5, 5.41) is 6.32. The van der Waals surface area contributed by atoms with E-state index < -0.39 is 0 Å². The Morgan fingerprint density at radius 3 is 2.40 bits per heavy atom. The van der Waals surface area contributed by atoms with Crippen molar-refractivity contribution < 1.29 is 14.3 Å². The third-order valence-corrected chi connectivity index (χ3v) is 3.92. The molecule has 0 fully saturated rings. The van der Waals surface area contributed by atoms with Crippen molar-refractivity contribution in [3.05, 3.63) is 35.1 Å². The summed E-state index contributed by atoms with van der Waals surface area (Å²) < 4.78 is 10.5. The molecule has 0 aliphatic heterocycles. The fraction of sp³-hybridized carbons (Fsp3) is 0.353. The molecule has 0 saturated carbocycles. The molecule has 0 bridgehead atoms. The minimum absolute atomic E-state index is 0.0936. The van der Waals surface area contributed by atoms with Gasteiger partial charge in [-0.25, -0.2) is 9.97 Å². The van der Waals surface area contributed by atoms with Crippen LogP contribution in [0.15, 0.2) is 24.5 Å². The summed E-state index contributed by atoms with van der Waals surface area (Å²) in [6.45, 7) is 3.94. The van der Waals surface area contributed by atoms with Crippen LogP contribution in [0.4, 0.5) is 11.6 Å². The Balaban J connectivity index is 2.17. The molecule has 1 amide bonds. The lowest BCUT2D eigenvalue weighted by Crippen LogP contribution is -2.32. The topological polar surface area (TPSA) is 85.4 Å². The fourth-order valence-electron chi connectivity index (χ4n) is 2.00. The van der Waals surface area contributed by atoms with Crippen LogP contribution >= 0.6 is 11.6 Å². The van der Waals surface area contributed by atoms with Gasteiger partial charge in [-0.3, -0.25) is 4.79 Å². The smallest absolute Gasteiger partial charge is 0.254 e. The van der Waals surface area contributed by atoms with Gasteiger partial charge in [0.2, 0.25) is 5.95 Å². The lowest BCUT2D eigenvalue weighted by Gasteiger charge is -2.13. The van der Waals surface area contributed by atoms with E-state index in [0.717, 1.165) is 6.42 Å². The number of ether oxygens (including phenoxy) is 2. The number of halogens is 1. The van der Waals surface area contributed by atoms with E-state index in [2.05, 4.69) is 20.6 Å². The lowest BCUT2D eigenvalue weighted by molar-refractivity contribution is 0.0938. The monoisotopic (exact) mass is 364 g/mol. The number of methoxy groups -OCH3 is 2. The Hall–Kier alpha value is -2.54. The molecule has 25 heavy (non-hydrogen) atoms. The molecule has 2 rings (SSSR count). The van der Waals surface area contributed by atoms with Gasteiger partial charge in [0.05, 0.1) is 30.5 Å². The first kappa shape index (κ1) is 18.8. The van der Waals surface area contributed by atoms with Crippen molar-refractivity contribution >= 4 is 29.1 Å². The van der Waals surface area contributed by atoms with Crippen molar-refractivity contribution in [3.63, 3.8) is 0 Å². The Kier molecular flexibility index (Phi) is 6.41. The lowest BCUT2D eigenvalue weighted by atomic mass is 10.2. The van der Waals surface area contributed by atoms with Gasteiger partial charge in [-0.05, 0) is 13.3 Å². The molecule has 0 spiro atoms. The first-order valence-electron chi connectivity index (χ1n) is 7.79. The highest BCUT2D eigenvalue weighted by Gasteiger charge is 2.13. The molecule has 7 nitrogen and oxygen atoms in total. The largest absolute Gasteiger partial charge is 0.495 e. The van der Waals surface area contributed by atoms with Crippen LogP contribution in [-0.2, 0) is 0 Å². The zero-order valence-electron chi connectivity index (χ0n) is 14.6. The molecule has 0 aliphatic carbocycles. The Bertz CT molecular complexity index is 737. The van der Waals surface area contributed by atoms with Gasteiger partial charge in [0, 0.05) is 30.6 Å². The van der Waals surface area contributed by atoms with Crippen LogP contribution in [0.2, 0.25) is 5.02 Å². The van der Waals surface area contributed by atoms with Crippen molar-refractivity contribution in [2.24, 2.45) is 0 Å². The Labute approximate surface area is 151 Å². The zero-order valence-corrected chi connectivity index (χ0v) is 15.3. The number of anilines is 2. The average Bonchev–Trinajstić information content (AvgIpc) is 2.63. The molecule has 8 heteroatoms. The van der Waals surface area contributed by atoms with Gasteiger partial charge in [0.15, 0.2) is 0 Å². The van der Waals surface area contributed by atoms with Crippen molar-refractivity contribution in [2.75, 3.05) is 19.5 Å². The number of nitrogens with one attached hydrogen (secondary N) is 2. The number of benzene rings is 1. The molecule has 1 heterocycles. The Morgan fingerprint density at radius 2 is 1.84 bits per heavy atom. The average molecular weight is 365 g/mol. The second-order valence-electron chi connectivity index (χ2n) is 5.39. The minimum atomic E-state index is -0.202. The quantitative estimate of drug-likeness (QED) is 0.783. The highest BCUT2D eigenvalue weighted by atomic mass is 35.5.